The molecule has 1 aliphatic carbocycles. The number of hydrogen-bond acceptors (Lipinski definition) is 1. The Kier molecular flexibility index (Phi) is 2.24. The molecule has 0 saturated heterocycles. The Hall–Kier alpha value is -0.630. The number of ketones is 1. The van der Waals surface area contributed by atoms with Crippen molar-refractivity contribution in [2.24, 2.45) is 0 Å². The van der Waals surface area contributed by atoms with E-state index in [1.54, 1.807) is 0 Å². The molecule has 0 aliphatic heterocycles. The summed E-state index contributed by atoms with van der Waals surface area (Å²) in [4.78, 5) is 11.9. The van der Waals surface area contributed by atoms with Crippen LogP contribution >= 0.6 is 15.9 Å². The molecule has 0 amide bonds. The number of halogens is 1. The zero-order chi connectivity index (χ0) is 9.31. The average Bonchev–Trinajstić information content (AvgIpc) is 2.14. The summed E-state index contributed by atoms with van der Waals surface area (Å²) >= 11 is 3.52. The quantitative estimate of drug-likeness (QED) is 0.572. The Morgan fingerprint density at radius 3 is 2.31 bits per heavy atom. The first-order valence-corrected chi connectivity index (χ1v) is 5.30. The molecule has 1 fully saturated rings. The highest BCUT2D eigenvalue weighted by atomic mass is 79.9. The van der Waals surface area contributed by atoms with Gasteiger partial charge in [0.1, 0.15) is 0 Å². The molecule has 0 radical (unpaired) electrons. The predicted octanol–water partition coefficient (Wildman–Crippen LogP) is 3.19. The second kappa shape index (κ2) is 3.26. The summed E-state index contributed by atoms with van der Waals surface area (Å²) in [5.74, 6) is 0.236. The second-order valence-corrected chi connectivity index (χ2v) is 5.03. The molecule has 13 heavy (non-hydrogen) atoms. The molecule has 68 valence electrons. The molecule has 0 bridgehead atoms. The Labute approximate surface area is 86.3 Å². The number of rotatable bonds is 2. The van der Waals surface area contributed by atoms with Crippen LogP contribution in [0.5, 0.6) is 0 Å². The summed E-state index contributed by atoms with van der Waals surface area (Å²) < 4.78 is -0.242. The number of carbonyl (C=O) groups excluding carboxylic acids is 1. The van der Waals surface area contributed by atoms with Gasteiger partial charge in [0.25, 0.3) is 0 Å². The minimum absolute atomic E-state index is 0.236. The topological polar surface area (TPSA) is 17.1 Å². The van der Waals surface area contributed by atoms with Crippen LogP contribution in [0.3, 0.4) is 0 Å². The predicted molar refractivity (Wildman–Crippen MR) is 56.3 cm³/mol. The van der Waals surface area contributed by atoms with Crippen molar-refractivity contribution in [3.05, 3.63) is 35.9 Å². The van der Waals surface area contributed by atoms with Gasteiger partial charge in [0.2, 0.25) is 0 Å². The van der Waals surface area contributed by atoms with Crippen molar-refractivity contribution in [2.75, 3.05) is 0 Å². The van der Waals surface area contributed by atoms with Gasteiger partial charge in [0.15, 0.2) is 5.78 Å². The normalized spacial score (nSPS) is 19.2. The van der Waals surface area contributed by atoms with Crippen molar-refractivity contribution >= 4 is 21.7 Å². The first kappa shape index (κ1) is 8.95. The van der Waals surface area contributed by atoms with E-state index in [0.717, 1.165) is 24.8 Å². The van der Waals surface area contributed by atoms with Gasteiger partial charge in [-0.2, -0.15) is 0 Å². The zero-order valence-electron chi connectivity index (χ0n) is 7.29. The lowest BCUT2D eigenvalue weighted by Crippen LogP contribution is -2.38. The maximum atomic E-state index is 11.9. The molecule has 0 aromatic heterocycles. The molecule has 1 nitrogen and oxygen atoms in total. The van der Waals surface area contributed by atoms with Crippen LogP contribution in [0.4, 0.5) is 0 Å². The van der Waals surface area contributed by atoms with Crippen LogP contribution in [0.1, 0.15) is 29.6 Å². The average molecular weight is 239 g/mol. The van der Waals surface area contributed by atoms with Crippen molar-refractivity contribution in [1.82, 2.24) is 0 Å². The van der Waals surface area contributed by atoms with E-state index < -0.39 is 0 Å². The fraction of sp³-hybridized carbons (Fsp3) is 0.364. The fourth-order valence-electron chi connectivity index (χ4n) is 1.56. The van der Waals surface area contributed by atoms with E-state index in [1.807, 2.05) is 30.3 Å². The van der Waals surface area contributed by atoms with Crippen LogP contribution in [-0.2, 0) is 0 Å². The van der Waals surface area contributed by atoms with E-state index in [4.69, 9.17) is 0 Å². The monoisotopic (exact) mass is 238 g/mol. The minimum atomic E-state index is -0.242. The second-order valence-electron chi connectivity index (χ2n) is 3.51. The lowest BCUT2D eigenvalue weighted by molar-refractivity contribution is 0.0898. The molecular formula is C11H11BrO. The van der Waals surface area contributed by atoms with Gasteiger partial charge in [0.05, 0.1) is 4.32 Å². The maximum absolute atomic E-state index is 11.9. The van der Waals surface area contributed by atoms with Crippen molar-refractivity contribution in [2.45, 2.75) is 23.6 Å². The molecule has 0 N–H and O–H groups in total. The fourth-order valence-corrected chi connectivity index (χ4v) is 2.35. The van der Waals surface area contributed by atoms with Crippen molar-refractivity contribution in [3.63, 3.8) is 0 Å². The highest BCUT2D eigenvalue weighted by Crippen LogP contribution is 2.42. The van der Waals surface area contributed by atoms with Crippen LogP contribution in [-0.4, -0.2) is 10.1 Å². The van der Waals surface area contributed by atoms with Gasteiger partial charge in [-0.3, -0.25) is 4.79 Å². The molecule has 1 aliphatic rings. The van der Waals surface area contributed by atoms with Gasteiger partial charge >= 0.3 is 0 Å². The summed E-state index contributed by atoms with van der Waals surface area (Å²) in [5.41, 5.74) is 0.819. The maximum Gasteiger partial charge on any atom is 0.179 e. The van der Waals surface area contributed by atoms with E-state index in [0.29, 0.717) is 0 Å². The smallest absolute Gasteiger partial charge is 0.179 e. The summed E-state index contributed by atoms with van der Waals surface area (Å²) in [5, 5.41) is 0. The van der Waals surface area contributed by atoms with Gasteiger partial charge in [-0.15, -0.1) is 0 Å². The molecule has 1 saturated carbocycles. The van der Waals surface area contributed by atoms with E-state index in [9.17, 15) is 4.79 Å². The van der Waals surface area contributed by atoms with Gasteiger partial charge in [-0.1, -0.05) is 46.3 Å². The third-order valence-electron chi connectivity index (χ3n) is 2.59. The third-order valence-corrected chi connectivity index (χ3v) is 3.74. The van der Waals surface area contributed by atoms with Crippen molar-refractivity contribution in [3.8, 4) is 0 Å². The lowest BCUT2D eigenvalue weighted by Gasteiger charge is -2.34. The van der Waals surface area contributed by atoms with Gasteiger partial charge in [-0.05, 0) is 19.3 Å². The van der Waals surface area contributed by atoms with E-state index in [-0.39, 0.29) is 10.1 Å². The molecule has 0 unspecified atom stereocenters. The Bertz CT molecular complexity index is 314. The van der Waals surface area contributed by atoms with E-state index in [2.05, 4.69) is 15.9 Å². The largest absolute Gasteiger partial charge is 0.293 e. The SMILES string of the molecule is O=C(c1ccccc1)C1(Br)CCC1. The number of Topliss-reactive ketones (excluding diaryl/α,β-unsaturated/α-hetero) is 1. The van der Waals surface area contributed by atoms with Crippen molar-refractivity contribution in [1.29, 1.82) is 0 Å². The molecular weight excluding hydrogens is 228 g/mol. The van der Waals surface area contributed by atoms with Crippen LogP contribution in [0.15, 0.2) is 30.3 Å². The molecule has 0 atom stereocenters. The first-order chi connectivity index (χ1) is 6.22. The highest BCUT2D eigenvalue weighted by Gasteiger charge is 2.41. The van der Waals surface area contributed by atoms with Gasteiger partial charge < -0.3 is 0 Å². The number of alkyl halides is 1. The molecule has 0 spiro atoms. The number of hydrogen-bond donors (Lipinski definition) is 0. The van der Waals surface area contributed by atoms with Gasteiger partial charge in [-0.25, -0.2) is 0 Å². The molecule has 2 heteroatoms. The van der Waals surface area contributed by atoms with Crippen LogP contribution < -0.4 is 0 Å². The number of carbonyl (C=O) groups is 1. The molecule has 1 aromatic carbocycles. The lowest BCUT2D eigenvalue weighted by atomic mass is 9.79. The van der Waals surface area contributed by atoms with Crippen molar-refractivity contribution < 1.29 is 4.79 Å². The third kappa shape index (κ3) is 1.55. The molecule has 1 aromatic rings. The summed E-state index contributed by atoms with van der Waals surface area (Å²) in [6.45, 7) is 0. The van der Waals surface area contributed by atoms with E-state index in [1.165, 1.54) is 0 Å². The molecule has 0 heterocycles. The standard InChI is InChI=1S/C11H11BrO/c12-11(7-4-8-11)10(13)9-5-2-1-3-6-9/h1-3,5-6H,4,7-8H2. The number of benzene rings is 1. The summed E-state index contributed by atoms with van der Waals surface area (Å²) in [6.07, 6.45) is 3.10. The van der Waals surface area contributed by atoms with Crippen LogP contribution in [0.2, 0.25) is 0 Å². The van der Waals surface area contributed by atoms with E-state index >= 15 is 0 Å². The first-order valence-electron chi connectivity index (χ1n) is 4.51. The minimum Gasteiger partial charge on any atom is -0.293 e. The summed E-state index contributed by atoms with van der Waals surface area (Å²) in [7, 11) is 0. The van der Waals surface area contributed by atoms with Gasteiger partial charge in [0, 0.05) is 5.56 Å². The molecule has 2 rings (SSSR count). The Balaban J connectivity index is 2.23. The zero-order valence-corrected chi connectivity index (χ0v) is 8.88. The van der Waals surface area contributed by atoms with Crippen LogP contribution in [0, 0.1) is 0 Å². The Morgan fingerprint density at radius 1 is 1.23 bits per heavy atom. The van der Waals surface area contributed by atoms with Crippen LogP contribution in [0.25, 0.3) is 0 Å². The summed E-state index contributed by atoms with van der Waals surface area (Å²) in [6, 6.07) is 9.50. The highest BCUT2D eigenvalue weighted by molar-refractivity contribution is 9.10. The Morgan fingerprint density at radius 2 is 1.85 bits per heavy atom.